The largest absolute Gasteiger partial charge is 0.464 e. The van der Waals surface area contributed by atoms with Gasteiger partial charge >= 0.3 is 0 Å². The molecular formula is C14H22N2O2. The van der Waals surface area contributed by atoms with Gasteiger partial charge in [-0.3, -0.25) is 4.79 Å². The second kappa shape index (κ2) is 6.05. The lowest BCUT2D eigenvalue weighted by Gasteiger charge is -2.22. The summed E-state index contributed by atoms with van der Waals surface area (Å²) in [6.45, 7) is 5.91. The third-order valence-corrected chi connectivity index (χ3v) is 3.44. The van der Waals surface area contributed by atoms with E-state index in [2.05, 4.69) is 10.6 Å². The van der Waals surface area contributed by atoms with E-state index < -0.39 is 0 Å². The molecule has 18 heavy (non-hydrogen) atoms. The molecule has 1 aromatic heterocycles. The first-order chi connectivity index (χ1) is 8.65. The van der Waals surface area contributed by atoms with E-state index in [-0.39, 0.29) is 11.9 Å². The maximum Gasteiger partial charge on any atom is 0.220 e. The summed E-state index contributed by atoms with van der Waals surface area (Å²) in [5, 5.41) is 6.33. The first kappa shape index (κ1) is 13.1. The van der Waals surface area contributed by atoms with Crippen LogP contribution in [0.3, 0.4) is 0 Å². The fraction of sp³-hybridized carbons (Fsp3) is 0.643. The van der Waals surface area contributed by atoms with E-state index in [0.29, 0.717) is 12.3 Å². The Hall–Kier alpha value is -1.29. The highest BCUT2D eigenvalue weighted by Crippen LogP contribution is 2.17. The summed E-state index contributed by atoms with van der Waals surface area (Å²) >= 11 is 0. The van der Waals surface area contributed by atoms with E-state index in [0.717, 1.165) is 31.0 Å². The minimum Gasteiger partial charge on any atom is -0.464 e. The van der Waals surface area contributed by atoms with Crippen molar-refractivity contribution in [1.29, 1.82) is 0 Å². The molecule has 2 unspecified atom stereocenters. The monoisotopic (exact) mass is 250 g/mol. The van der Waals surface area contributed by atoms with Gasteiger partial charge in [0.15, 0.2) is 0 Å². The van der Waals surface area contributed by atoms with Gasteiger partial charge in [0.25, 0.3) is 0 Å². The predicted octanol–water partition coefficient (Wildman–Crippen LogP) is 2.15. The van der Waals surface area contributed by atoms with Crippen molar-refractivity contribution in [2.75, 3.05) is 13.1 Å². The number of aryl methyl sites for hydroxylation is 1. The molecule has 0 saturated carbocycles. The average Bonchev–Trinajstić information content (AvgIpc) is 2.77. The fourth-order valence-corrected chi connectivity index (χ4v) is 2.42. The Labute approximate surface area is 108 Å². The Bertz CT molecular complexity index is 394. The Kier molecular flexibility index (Phi) is 4.42. The molecule has 0 aliphatic carbocycles. The smallest absolute Gasteiger partial charge is 0.220 e. The van der Waals surface area contributed by atoms with Gasteiger partial charge in [0.2, 0.25) is 5.91 Å². The maximum atomic E-state index is 11.9. The van der Waals surface area contributed by atoms with Gasteiger partial charge in [-0.1, -0.05) is 0 Å². The lowest BCUT2D eigenvalue weighted by molar-refractivity contribution is -0.122. The summed E-state index contributed by atoms with van der Waals surface area (Å²) in [4.78, 5) is 11.9. The van der Waals surface area contributed by atoms with E-state index in [9.17, 15) is 4.79 Å². The van der Waals surface area contributed by atoms with Crippen LogP contribution in [0.4, 0.5) is 0 Å². The van der Waals surface area contributed by atoms with Gasteiger partial charge in [0, 0.05) is 6.42 Å². The van der Waals surface area contributed by atoms with Gasteiger partial charge in [-0.15, -0.1) is 0 Å². The molecule has 2 heterocycles. The number of piperidine rings is 1. The van der Waals surface area contributed by atoms with Crippen molar-refractivity contribution in [1.82, 2.24) is 10.6 Å². The van der Waals surface area contributed by atoms with E-state index >= 15 is 0 Å². The zero-order valence-corrected chi connectivity index (χ0v) is 11.2. The summed E-state index contributed by atoms with van der Waals surface area (Å²) in [6, 6.07) is 3.79. The van der Waals surface area contributed by atoms with Crippen molar-refractivity contribution in [3.8, 4) is 0 Å². The number of furan rings is 1. The summed E-state index contributed by atoms with van der Waals surface area (Å²) in [6.07, 6.45) is 2.93. The van der Waals surface area contributed by atoms with Crippen LogP contribution in [-0.2, 0) is 4.79 Å². The van der Waals surface area contributed by atoms with Gasteiger partial charge < -0.3 is 15.1 Å². The zero-order valence-electron chi connectivity index (χ0n) is 11.2. The third kappa shape index (κ3) is 3.60. The van der Waals surface area contributed by atoms with Crippen LogP contribution in [0.15, 0.2) is 16.5 Å². The number of hydrogen-bond donors (Lipinski definition) is 2. The first-order valence-electron chi connectivity index (χ1n) is 6.71. The molecule has 2 N–H and O–H groups in total. The molecule has 4 nitrogen and oxygen atoms in total. The topological polar surface area (TPSA) is 54.3 Å². The summed E-state index contributed by atoms with van der Waals surface area (Å²) in [7, 11) is 0. The van der Waals surface area contributed by atoms with E-state index in [1.165, 1.54) is 6.42 Å². The van der Waals surface area contributed by atoms with Crippen LogP contribution in [0.5, 0.6) is 0 Å². The highest BCUT2D eigenvalue weighted by atomic mass is 16.3. The Balaban J connectivity index is 1.79. The normalized spacial score (nSPS) is 21.6. The summed E-state index contributed by atoms with van der Waals surface area (Å²) in [5.74, 6) is 2.29. The van der Waals surface area contributed by atoms with Crippen molar-refractivity contribution in [2.45, 2.75) is 39.2 Å². The van der Waals surface area contributed by atoms with Crippen molar-refractivity contribution in [3.63, 3.8) is 0 Å². The lowest BCUT2D eigenvalue weighted by Crippen LogP contribution is -2.34. The number of hydrogen-bond acceptors (Lipinski definition) is 3. The van der Waals surface area contributed by atoms with Crippen LogP contribution < -0.4 is 10.6 Å². The molecule has 1 aliphatic rings. The van der Waals surface area contributed by atoms with Crippen LogP contribution in [0, 0.1) is 12.8 Å². The molecule has 0 radical (unpaired) electrons. The molecule has 1 amide bonds. The van der Waals surface area contributed by atoms with E-state index in [1.54, 1.807) is 0 Å². The van der Waals surface area contributed by atoms with Gasteiger partial charge in [0.1, 0.15) is 11.5 Å². The van der Waals surface area contributed by atoms with Crippen molar-refractivity contribution in [3.05, 3.63) is 23.7 Å². The molecular weight excluding hydrogens is 228 g/mol. The fourth-order valence-electron chi connectivity index (χ4n) is 2.42. The number of amides is 1. The van der Waals surface area contributed by atoms with Crippen molar-refractivity contribution >= 4 is 5.91 Å². The summed E-state index contributed by atoms with van der Waals surface area (Å²) in [5.41, 5.74) is 0. The Morgan fingerprint density at radius 3 is 3.06 bits per heavy atom. The van der Waals surface area contributed by atoms with Crippen LogP contribution >= 0.6 is 0 Å². The Morgan fingerprint density at radius 2 is 2.44 bits per heavy atom. The highest BCUT2D eigenvalue weighted by molar-refractivity contribution is 5.76. The first-order valence-corrected chi connectivity index (χ1v) is 6.71. The minimum atomic E-state index is -0.0530. The zero-order chi connectivity index (χ0) is 13.0. The van der Waals surface area contributed by atoms with Crippen molar-refractivity contribution < 1.29 is 9.21 Å². The molecule has 1 fully saturated rings. The van der Waals surface area contributed by atoms with E-state index in [4.69, 9.17) is 4.42 Å². The van der Waals surface area contributed by atoms with E-state index in [1.807, 2.05) is 26.0 Å². The molecule has 2 rings (SSSR count). The van der Waals surface area contributed by atoms with Crippen LogP contribution in [0.2, 0.25) is 0 Å². The van der Waals surface area contributed by atoms with Crippen LogP contribution in [0.1, 0.15) is 43.7 Å². The predicted molar refractivity (Wildman–Crippen MR) is 70.2 cm³/mol. The van der Waals surface area contributed by atoms with Gasteiger partial charge in [-0.25, -0.2) is 0 Å². The second-order valence-corrected chi connectivity index (χ2v) is 5.15. The minimum absolute atomic E-state index is 0.0530. The molecule has 4 heteroatoms. The molecule has 0 bridgehead atoms. The molecule has 2 atom stereocenters. The quantitative estimate of drug-likeness (QED) is 0.861. The number of carbonyl (C=O) groups excluding carboxylic acids is 1. The molecule has 1 saturated heterocycles. The van der Waals surface area contributed by atoms with Crippen LogP contribution in [-0.4, -0.2) is 19.0 Å². The SMILES string of the molecule is Cc1ccc(C(C)NC(=O)CC2CCCNC2)o1. The number of carbonyl (C=O) groups is 1. The number of nitrogens with one attached hydrogen (secondary N) is 2. The van der Waals surface area contributed by atoms with Gasteiger partial charge in [0.05, 0.1) is 6.04 Å². The standard InChI is InChI=1S/C14H22N2O2/c1-10-5-6-13(18-10)11(2)16-14(17)8-12-4-3-7-15-9-12/h5-6,11-12,15H,3-4,7-9H2,1-2H3,(H,16,17). The van der Waals surface area contributed by atoms with Gasteiger partial charge in [-0.2, -0.15) is 0 Å². The third-order valence-electron chi connectivity index (χ3n) is 3.44. The average molecular weight is 250 g/mol. The molecule has 100 valence electrons. The van der Waals surface area contributed by atoms with Crippen molar-refractivity contribution in [2.24, 2.45) is 5.92 Å². The van der Waals surface area contributed by atoms with Gasteiger partial charge in [-0.05, 0) is 57.8 Å². The second-order valence-electron chi connectivity index (χ2n) is 5.15. The maximum absolute atomic E-state index is 11.9. The number of rotatable bonds is 4. The Morgan fingerprint density at radius 1 is 1.61 bits per heavy atom. The lowest BCUT2D eigenvalue weighted by atomic mass is 9.96. The molecule has 1 aliphatic heterocycles. The molecule has 1 aromatic rings. The molecule has 0 spiro atoms. The highest BCUT2D eigenvalue weighted by Gasteiger charge is 2.19. The summed E-state index contributed by atoms with van der Waals surface area (Å²) < 4.78 is 5.51. The van der Waals surface area contributed by atoms with Crippen LogP contribution in [0.25, 0.3) is 0 Å². The molecule has 0 aromatic carbocycles.